The molecule has 0 saturated carbocycles. The molecule has 0 fully saturated rings. The Morgan fingerprint density at radius 1 is 1.56 bits per heavy atom. The van der Waals surface area contributed by atoms with Crippen molar-refractivity contribution in [1.82, 2.24) is 10.6 Å². The number of carbonyl (C=O) groups is 1. The van der Waals surface area contributed by atoms with Gasteiger partial charge in [0.05, 0.1) is 13.2 Å². The molecule has 1 heterocycles. The molecule has 0 aromatic heterocycles. The highest BCUT2D eigenvalue weighted by Crippen LogP contribution is 2.04. The second-order valence-electron chi connectivity index (χ2n) is 3.33. The number of amides is 1. The SMILES string of the molecule is CN=C(N)C1=C(/N=C/OCCOC)NCC(=O)N1. The van der Waals surface area contributed by atoms with Crippen molar-refractivity contribution in [1.29, 1.82) is 0 Å². The Labute approximate surface area is 105 Å². The summed E-state index contributed by atoms with van der Waals surface area (Å²) in [7, 11) is 3.11. The molecular formula is C10H17N5O3. The Morgan fingerprint density at radius 2 is 2.33 bits per heavy atom. The lowest BCUT2D eigenvalue weighted by Gasteiger charge is -2.19. The second-order valence-corrected chi connectivity index (χ2v) is 3.33. The van der Waals surface area contributed by atoms with Gasteiger partial charge in [-0.2, -0.15) is 0 Å². The maximum Gasteiger partial charge on any atom is 0.243 e. The van der Waals surface area contributed by atoms with Crippen LogP contribution in [0.25, 0.3) is 0 Å². The minimum atomic E-state index is -0.198. The Bertz CT molecular complexity index is 389. The van der Waals surface area contributed by atoms with E-state index in [0.717, 1.165) is 0 Å². The predicted octanol–water partition coefficient (Wildman–Crippen LogP) is -1.45. The Kier molecular flexibility index (Phi) is 5.65. The van der Waals surface area contributed by atoms with E-state index in [9.17, 15) is 4.79 Å². The van der Waals surface area contributed by atoms with E-state index in [1.165, 1.54) is 13.4 Å². The molecule has 0 aliphatic carbocycles. The van der Waals surface area contributed by atoms with Crippen molar-refractivity contribution >= 4 is 18.1 Å². The topological polar surface area (TPSA) is 110 Å². The van der Waals surface area contributed by atoms with Gasteiger partial charge >= 0.3 is 0 Å². The summed E-state index contributed by atoms with van der Waals surface area (Å²) in [6.45, 7) is 0.998. The van der Waals surface area contributed by atoms with Crippen LogP contribution < -0.4 is 16.4 Å². The summed E-state index contributed by atoms with van der Waals surface area (Å²) in [5, 5.41) is 5.42. The van der Waals surface area contributed by atoms with Crippen molar-refractivity contribution < 1.29 is 14.3 Å². The average molecular weight is 255 g/mol. The highest BCUT2D eigenvalue weighted by atomic mass is 16.5. The van der Waals surface area contributed by atoms with Crippen LogP contribution in [-0.2, 0) is 14.3 Å². The van der Waals surface area contributed by atoms with Crippen molar-refractivity contribution in [2.75, 3.05) is 33.9 Å². The summed E-state index contributed by atoms with van der Waals surface area (Å²) in [5.74, 6) is 0.408. The number of carbonyl (C=O) groups excluding carboxylic acids is 1. The van der Waals surface area contributed by atoms with Gasteiger partial charge in [0.25, 0.3) is 0 Å². The molecule has 1 amide bonds. The number of hydrogen-bond donors (Lipinski definition) is 3. The summed E-state index contributed by atoms with van der Waals surface area (Å²) >= 11 is 0. The van der Waals surface area contributed by atoms with Crippen LogP contribution in [0.4, 0.5) is 0 Å². The fourth-order valence-corrected chi connectivity index (χ4v) is 1.18. The van der Waals surface area contributed by atoms with E-state index in [0.29, 0.717) is 24.7 Å². The molecule has 0 bridgehead atoms. The maximum absolute atomic E-state index is 11.2. The average Bonchev–Trinajstić information content (AvgIpc) is 2.39. The Balaban J connectivity index is 2.71. The number of amidine groups is 1. The number of aliphatic imine (C=N–C) groups is 2. The monoisotopic (exact) mass is 255 g/mol. The van der Waals surface area contributed by atoms with Gasteiger partial charge in [-0.3, -0.25) is 9.79 Å². The van der Waals surface area contributed by atoms with Gasteiger partial charge in [-0.15, -0.1) is 0 Å². The number of rotatable bonds is 6. The minimum absolute atomic E-state index is 0.130. The maximum atomic E-state index is 11.2. The smallest absolute Gasteiger partial charge is 0.243 e. The molecule has 18 heavy (non-hydrogen) atoms. The van der Waals surface area contributed by atoms with Crippen molar-refractivity contribution in [2.24, 2.45) is 15.7 Å². The summed E-state index contributed by atoms with van der Waals surface area (Å²) in [6, 6.07) is 0. The molecule has 4 N–H and O–H groups in total. The molecule has 0 aromatic rings. The highest BCUT2D eigenvalue weighted by molar-refractivity contribution is 6.02. The van der Waals surface area contributed by atoms with Gasteiger partial charge in [-0.25, -0.2) is 4.99 Å². The van der Waals surface area contributed by atoms with Crippen LogP contribution in [0.15, 0.2) is 21.5 Å². The number of hydrogen-bond acceptors (Lipinski definition) is 6. The molecule has 100 valence electrons. The lowest BCUT2D eigenvalue weighted by Crippen LogP contribution is -2.44. The van der Waals surface area contributed by atoms with Crippen LogP contribution in [0.2, 0.25) is 0 Å². The van der Waals surface area contributed by atoms with Crippen LogP contribution in [0.5, 0.6) is 0 Å². The third kappa shape index (κ3) is 4.06. The molecule has 0 spiro atoms. The summed E-state index contributed by atoms with van der Waals surface area (Å²) < 4.78 is 9.90. The van der Waals surface area contributed by atoms with Crippen molar-refractivity contribution in [3.05, 3.63) is 11.5 Å². The predicted molar refractivity (Wildman–Crippen MR) is 67.0 cm³/mol. The van der Waals surface area contributed by atoms with Crippen LogP contribution in [0.3, 0.4) is 0 Å². The van der Waals surface area contributed by atoms with Crippen LogP contribution in [-0.4, -0.2) is 52.1 Å². The Hall–Kier alpha value is -2.09. The molecule has 0 atom stereocenters. The summed E-state index contributed by atoms with van der Waals surface area (Å²) in [6.07, 6.45) is 1.27. The molecule has 1 rings (SSSR count). The first-order valence-electron chi connectivity index (χ1n) is 5.32. The molecule has 0 aromatic carbocycles. The number of methoxy groups -OCH3 is 1. The standard InChI is InChI=1S/C10H17N5O3/c1-12-9(11)8-10(13-5-7(16)15-8)14-6-18-4-3-17-2/h6,13H,3-5H2,1-2H3,(H2,11,12)(H,15,16)/b14-6+. The first-order valence-corrected chi connectivity index (χ1v) is 5.32. The molecule has 1 aliphatic heterocycles. The largest absolute Gasteiger partial charge is 0.481 e. The third-order valence-corrected chi connectivity index (χ3v) is 2.08. The summed E-state index contributed by atoms with van der Waals surface area (Å²) in [4.78, 5) is 19.1. The fourth-order valence-electron chi connectivity index (χ4n) is 1.18. The van der Waals surface area contributed by atoms with Crippen molar-refractivity contribution in [2.45, 2.75) is 0 Å². The minimum Gasteiger partial charge on any atom is -0.481 e. The van der Waals surface area contributed by atoms with E-state index in [-0.39, 0.29) is 18.3 Å². The van der Waals surface area contributed by atoms with Crippen LogP contribution in [0.1, 0.15) is 0 Å². The second kappa shape index (κ2) is 7.28. The van der Waals surface area contributed by atoms with E-state index in [1.807, 2.05) is 0 Å². The number of ether oxygens (including phenoxy) is 2. The lowest BCUT2D eigenvalue weighted by molar-refractivity contribution is -0.119. The fraction of sp³-hybridized carbons (Fsp3) is 0.500. The first-order chi connectivity index (χ1) is 8.69. The zero-order chi connectivity index (χ0) is 13.4. The number of nitrogens with two attached hydrogens (primary N) is 1. The van der Waals surface area contributed by atoms with Crippen molar-refractivity contribution in [3.8, 4) is 0 Å². The normalized spacial score (nSPS) is 16.8. The molecule has 0 radical (unpaired) electrons. The zero-order valence-electron chi connectivity index (χ0n) is 10.4. The van der Waals surface area contributed by atoms with E-state index >= 15 is 0 Å². The van der Waals surface area contributed by atoms with Gasteiger partial charge < -0.3 is 25.8 Å². The van der Waals surface area contributed by atoms with Gasteiger partial charge in [0.15, 0.2) is 12.2 Å². The van der Waals surface area contributed by atoms with E-state index in [1.54, 1.807) is 7.11 Å². The molecule has 0 saturated heterocycles. The van der Waals surface area contributed by atoms with Crippen LogP contribution >= 0.6 is 0 Å². The lowest BCUT2D eigenvalue weighted by atomic mass is 10.3. The summed E-state index contributed by atoms with van der Waals surface area (Å²) in [5.41, 5.74) is 6.00. The third-order valence-electron chi connectivity index (χ3n) is 2.08. The van der Waals surface area contributed by atoms with Crippen LogP contribution in [0, 0.1) is 0 Å². The highest BCUT2D eigenvalue weighted by Gasteiger charge is 2.19. The number of nitrogens with one attached hydrogen (secondary N) is 2. The van der Waals surface area contributed by atoms with Gasteiger partial charge in [-0.05, 0) is 0 Å². The van der Waals surface area contributed by atoms with E-state index < -0.39 is 0 Å². The number of nitrogens with zero attached hydrogens (tertiary/aromatic N) is 2. The first kappa shape index (κ1) is 14.0. The van der Waals surface area contributed by atoms with E-state index in [2.05, 4.69) is 20.6 Å². The molecular weight excluding hydrogens is 238 g/mol. The van der Waals surface area contributed by atoms with Gasteiger partial charge in [0.2, 0.25) is 5.91 Å². The van der Waals surface area contributed by atoms with Gasteiger partial charge in [0, 0.05) is 14.2 Å². The van der Waals surface area contributed by atoms with Crippen molar-refractivity contribution in [3.63, 3.8) is 0 Å². The molecule has 1 aliphatic rings. The quantitative estimate of drug-likeness (QED) is 0.305. The zero-order valence-corrected chi connectivity index (χ0v) is 10.4. The molecule has 0 unspecified atom stereocenters. The van der Waals surface area contributed by atoms with Gasteiger partial charge in [0.1, 0.15) is 18.1 Å². The Morgan fingerprint density at radius 3 is 3.00 bits per heavy atom. The van der Waals surface area contributed by atoms with E-state index in [4.69, 9.17) is 15.2 Å². The van der Waals surface area contributed by atoms with Gasteiger partial charge in [-0.1, -0.05) is 0 Å². The molecule has 8 heteroatoms. The molecule has 8 nitrogen and oxygen atoms in total.